The van der Waals surface area contributed by atoms with E-state index < -0.39 is 5.97 Å². The lowest BCUT2D eigenvalue weighted by Crippen LogP contribution is -2.14. The van der Waals surface area contributed by atoms with E-state index in [4.69, 9.17) is 9.84 Å². The smallest absolute Gasteiger partial charge is 0.335 e. The number of carboxylic acids is 1. The van der Waals surface area contributed by atoms with Crippen LogP contribution in [-0.4, -0.2) is 23.3 Å². The SMILES string of the molecule is CCC(C)OC(C)CC.O=C(O)c1ccccc1. The molecule has 0 saturated carbocycles. The van der Waals surface area contributed by atoms with Crippen molar-refractivity contribution in [2.24, 2.45) is 0 Å². The maximum absolute atomic E-state index is 10.2. The van der Waals surface area contributed by atoms with Gasteiger partial charge in [-0.05, 0) is 38.8 Å². The van der Waals surface area contributed by atoms with Crippen LogP contribution >= 0.6 is 0 Å². The van der Waals surface area contributed by atoms with Crippen molar-refractivity contribution in [1.29, 1.82) is 0 Å². The molecule has 0 aromatic heterocycles. The van der Waals surface area contributed by atoms with Gasteiger partial charge in [0.25, 0.3) is 0 Å². The first kappa shape index (κ1) is 16.6. The average Bonchev–Trinajstić information content (AvgIpc) is 2.40. The fourth-order valence-electron chi connectivity index (χ4n) is 1.17. The summed E-state index contributed by atoms with van der Waals surface area (Å²) in [7, 11) is 0. The molecule has 1 aromatic carbocycles. The third kappa shape index (κ3) is 7.85. The van der Waals surface area contributed by atoms with Crippen molar-refractivity contribution in [3.8, 4) is 0 Å². The van der Waals surface area contributed by atoms with Gasteiger partial charge < -0.3 is 9.84 Å². The first-order valence-electron chi connectivity index (χ1n) is 6.45. The molecule has 0 spiro atoms. The second-order valence-corrected chi connectivity index (χ2v) is 4.24. The Labute approximate surface area is 110 Å². The van der Waals surface area contributed by atoms with E-state index >= 15 is 0 Å². The summed E-state index contributed by atoms with van der Waals surface area (Å²) in [5.41, 5.74) is 0.331. The zero-order valence-corrected chi connectivity index (χ0v) is 11.7. The molecule has 0 aliphatic rings. The number of carbonyl (C=O) groups is 1. The van der Waals surface area contributed by atoms with Crippen molar-refractivity contribution >= 4 is 5.97 Å². The summed E-state index contributed by atoms with van der Waals surface area (Å²) >= 11 is 0. The Morgan fingerprint density at radius 2 is 1.56 bits per heavy atom. The molecular weight excluding hydrogens is 228 g/mol. The van der Waals surface area contributed by atoms with E-state index in [9.17, 15) is 4.79 Å². The number of hydrogen-bond donors (Lipinski definition) is 1. The zero-order valence-electron chi connectivity index (χ0n) is 11.7. The lowest BCUT2D eigenvalue weighted by atomic mass is 10.2. The molecular formula is C15H24O3. The molecule has 3 heteroatoms. The third-order valence-corrected chi connectivity index (χ3v) is 2.64. The average molecular weight is 252 g/mol. The van der Waals surface area contributed by atoms with E-state index in [1.807, 2.05) is 0 Å². The minimum absolute atomic E-state index is 0.331. The molecule has 0 amide bonds. The summed E-state index contributed by atoms with van der Waals surface area (Å²) in [6.45, 7) is 8.53. The minimum Gasteiger partial charge on any atom is -0.478 e. The Kier molecular flexibility index (Phi) is 8.93. The molecule has 2 unspecified atom stereocenters. The number of hydrogen-bond acceptors (Lipinski definition) is 2. The van der Waals surface area contributed by atoms with Gasteiger partial charge in [0.05, 0.1) is 17.8 Å². The highest BCUT2D eigenvalue weighted by atomic mass is 16.5. The molecule has 1 rings (SSSR count). The zero-order chi connectivity index (χ0) is 14.0. The van der Waals surface area contributed by atoms with E-state index in [-0.39, 0.29) is 0 Å². The predicted molar refractivity (Wildman–Crippen MR) is 74.0 cm³/mol. The largest absolute Gasteiger partial charge is 0.478 e. The summed E-state index contributed by atoms with van der Waals surface area (Å²) in [6, 6.07) is 8.30. The van der Waals surface area contributed by atoms with E-state index in [1.54, 1.807) is 30.3 Å². The number of ether oxygens (including phenoxy) is 1. The molecule has 2 atom stereocenters. The van der Waals surface area contributed by atoms with Crippen LogP contribution in [0.2, 0.25) is 0 Å². The molecule has 0 heterocycles. The van der Waals surface area contributed by atoms with Crippen LogP contribution in [-0.2, 0) is 4.74 Å². The van der Waals surface area contributed by atoms with E-state index in [1.165, 1.54) is 0 Å². The number of benzene rings is 1. The lowest BCUT2D eigenvalue weighted by molar-refractivity contribution is 0.00511. The van der Waals surface area contributed by atoms with Crippen LogP contribution in [0.4, 0.5) is 0 Å². The van der Waals surface area contributed by atoms with Crippen LogP contribution < -0.4 is 0 Å². The fraction of sp³-hybridized carbons (Fsp3) is 0.533. The van der Waals surface area contributed by atoms with Crippen molar-refractivity contribution in [2.45, 2.75) is 52.7 Å². The molecule has 3 nitrogen and oxygen atoms in total. The highest BCUT2D eigenvalue weighted by Gasteiger charge is 2.02. The van der Waals surface area contributed by atoms with Crippen LogP contribution in [0.1, 0.15) is 50.9 Å². The second-order valence-electron chi connectivity index (χ2n) is 4.24. The monoisotopic (exact) mass is 252 g/mol. The lowest BCUT2D eigenvalue weighted by Gasteiger charge is -2.15. The Morgan fingerprint density at radius 3 is 1.83 bits per heavy atom. The van der Waals surface area contributed by atoms with Gasteiger partial charge in [-0.25, -0.2) is 4.79 Å². The van der Waals surface area contributed by atoms with E-state index in [2.05, 4.69) is 27.7 Å². The Balaban J connectivity index is 0.000000321. The van der Waals surface area contributed by atoms with Crippen LogP contribution in [0.15, 0.2) is 30.3 Å². The van der Waals surface area contributed by atoms with Gasteiger partial charge in [-0.3, -0.25) is 0 Å². The first-order chi connectivity index (χ1) is 8.51. The highest BCUT2D eigenvalue weighted by Crippen LogP contribution is 2.03. The van der Waals surface area contributed by atoms with Gasteiger partial charge in [0.1, 0.15) is 0 Å². The summed E-state index contributed by atoms with van der Waals surface area (Å²) in [4.78, 5) is 10.2. The van der Waals surface area contributed by atoms with Gasteiger partial charge in [-0.1, -0.05) is 32.0 Å². The molecule has 0 fully saturated rings. The molecule has 1 aromatic rings. The normalized spacial score (nSPS) is 13.1. The first-order valence-corrected chi connectivity index (χ1v) is 6.45. The van der Waals surface area contributed by atoms with Gasteiger partial charge in [-0.15, -0.1) is 0 Å². The van der Waals surface area contributed by atoms with Gasteiger partial charge in [0.15, 0.2) is 0 Å². The molecule has 0 bridgehead atoms. The molecule has 0 saturated heterocycles. The van der Waals surface area contributed by atoms with Crippen LogP contribution in [0, 0.1) is 0 Å². The maximum Gasteiger partial charge on any atom is 0.335 e. The summed E-state index contributed by atoms with van der Waals surface area (Å²) < 4.78 is 5.55. The second kappa shape index (κ2) is 9.66. The Hall–Kier alpha value is -1.35. The standard InChI is InChI=1S/C8H18O.C7H6O2/c1-5-7(3)9-8(4)6-2;8-7(9)6-4-2-1-3-5-6/h7-8H,5-6H2,1-4H3;1-5H,(H,8,9). The van der Waals surface area contributed by atoms with E-state index in [0.29, 0.717) is 17.8 Å². The van der Waals surface area contributed by atoms with Crippen molar-refractivity contribution in [2.75, 3.05) is 0 Å². The number of aromatic carboxylic acids is 1. The minimum atomic E-state index is -0.879. The van der Waals surface area contributed by atoms with Gasteiger partial charge in [-0.2, -0.15) is 0 Å². The maximum atomic E-state index is 10.2. The summed E-state index contributed by atoms with van der Waals surface area (Å²) in [5, 5.41) is 8.38. The summed E-state index contributed by atoms with van der Waals surface area (Å²) in [5.74, 6) is -0.879. The molecule has 0 radical (unpaired) electrons. The highest BCUT2D eigenvalue weighted by molar-refractivity contribution is 5.87. The molecule has 18 heavy (non-hydrogen) atoms. The third-order valence-electron chi connectivity index (χ3n) is 2.64. The predicted octanol–water partition coefficient (Wildman–Crippen LogP) is 3.98. The Bertz CT molecular complexity index is 314. The van der Waals surface area contributed by atoms with Gasteiger partial charge in [0.2, 0.25) is 0 Å². The molecule has 0 aliphatic carbocycles. The number of rotatable bonds is 5. The van der Waals surface area contributed by atoms with Crippen molar-refractivity contribution < 1.29 is 14.6 Å². The van der Waals surface area contributed by atoms with E-state index in [0.717, 1.165) is 12.8 Å². The topological polar surface area (TPSA) is 46.5 Å². The molecule has 0 aliphatic heterocycles. The van der Waals surface area contributed by atoms with Crippen molar-refractivity contribution in [1.82, 2.24) is 0 Å². The summed E-state index contributed by atoms with van der Waals surface area (Å²) in [6.07, 6.45) is 3.09. The van der Waals surface area contributed by atoms with Crippen LogP contribution in [0.25, 0.3) is 0 Å². The Morgan fingerprint density at radius 1 is 1.11 bits per heavy atom. The van der Waals surface area contributed by atoms with Crippen LogP contribution in [0.3, 0.4) is 0 Å². The quantitative estimate of drug-likeness (QED) is 0.862. The molecule has 102 valence electrons. The number of carboxylic acid groups (broad SMARTS) is 1. The van der Waals surface area contributed by atoms with Crippen LogP contribution in [0.5, 0.6) is 0 Å². The molecule has 1 N–H and O–H groups in total. The fourth-order valence-corrected chi connectivity index (χ4v) is 1.17. The van der Waals surface area contributed by atoms with Crippen molar-refractivity contribution in [3.05, 3.63) is 35.9 Å². The van der Waals surface area contributed by atoms with Gasteiger partial charge >= 0.3 is 5.97 Å². The van der Waals surface area contributed by atoms with Gasteiger partial charge in [0, 0.05) is 0 Å². The van der Waals surface area contributed by atoms with Crippen molar-refractivity contribution in [3.63, 3.8) is 0 Å².